The van der Waals surface area contributed by atoms with Crippen LogP contribution in [0.1, 0.15) is 0 Å². The SMILES string of the molecule is [CH3][AlH][N]([AlH2])[AlH][CH2][N]([AlH2])[Al]([CH3])[CH3]. The lowest BCUT2D eigenvalue weighted by Crippen LogP contribution is -2.41. The van der Waals surface area contributed by atoms with E-state index in [0.717, 1.165) is 0 Å². The molecule has 7 heteroatoms. The second kappa shape index (κ2) is 7.94. The minimum Gasteiger partial charge on any atom is -0.569 e. The van der Waals surface area contributed by atoms with E-state index in [1.165, 1.54) is 38.4 Å². The maximum Gasteiger partial charge on any atom is 0.342 e. The Hall–Kier alpha value is 2.58. The molecular weight excluding hydrogens is 211 g/mol. The fraction of sp³-hybridized carbons (Fsp3) is 1.00. The third kappa shape index (κ3) is 7.64. The van der Waals surface area contributed by atoms with Crippen LogP contribution in [0.15, 0.2) is 0 Å². The topological polar surface area (TPSA) is 6.48 Å². The molecule has 0 amide bonds. The zero-order valence-corrected chi connectivity index (χ0v) is 16.6. The van der Waals surface area contributed by atoms with Crippen LogP contribution in [0.2, 0.25) is 17.4 Å². The normalized spacial score (nSPS) is 10.3. The van der Waals surface area contributed by atoms with Gasteiger partial charge in [-0.25, -0.2) is 0 Å². The fourth-order valence-corrected chi connectivity index (χ4v) is 6.70. The minimum atomic E-state index is -0.401. The van der Waals surface area contributed by atoms with Gasteiger partial charge < -0.3 is 4.72 Å². The zero-order chi connectivity index (χ0) is 8.85. The molecule has 0 aromatic heterocycles. The molecule has 0 aliphatic heterocycles. The molecule has 0 spiro atoms. The molecule has 0 saturated heterocycles. The van der Waals surface area contributed by atoms with Crippen LogP contribution in [-0.4, -0.2) is 88.4 Å². The molecule has 0 aliphatic carbocycles. The largest absolute Gasteiger partial charge is 0.569 e. The third-order valence-electron chi connectivity index (χ3n) is 2.26. The van der Waals surface area contributed by atoms with Crippen molar-refractivity contribution >= 4 is 78.3 Å². The third-order valence-corrected chi connectivity index (χ3v) is 17.5. The molecule has 2 nitrogen and oxygen atoms in total. The van der Waals surface area contributed by atoms with Crippen LogP contribution < -0.4 is 0 Å². The van der Waals surface area contributed by atoms with Crippen LogP contribution in [0.25, 0.3) is 0 Å². The molecule has 0 atom stereocenters. The van der Waals surface area contributed by atoms with E-state index in [9.17, 15) is 0 Å². The molecule has 0 aromatic rings. The van der Waals surface area contributed by atoms with E-state index < -0.39 is 14.4 Å². The van der Waals surface area contributed by atoms with Gasteiger partial charge in [0, 0.05) is 0 Å². The molecule has 0 bridgehead atoms. The summed E-state index contributed by atoms with van der Waals surface area (Å²) < 4.78 is 5.54. The van der Waals surface area contributed by atoms with Crippen molar-refractivity contribution in [2.45, 2.75) is 17.4 Å². The van der Waals surface area contributed by atoms with Gasteiger partial charge in [0.15, 0.2) is 0 Å². The van der Waals surface area contributed by atoms with Gasteiger partial charge in [-0.05, 0) is 0 Å². The maximum absolute atomic E-state index is 2.79. The summed E-state index contributed by atoms with van der Waals surface area (Å²) in [6.45, 7) is 0. The average molecular weight is 228 g/mol. The van der Waals surface area contributed by atoms with E-state index in [1.54, 1.807) is 0 Å². The molecule has 0 saturated carbocycles. The van der Waals surface area contributed by atoms with Crippen molar-refractivity contribution in [2.24, 2.45) is 0 Å². The highest BCUT2D eigenvalue weighted by molar-refractivity contribution is 6.63. The molecule has 0 radical (unpaired) electrons. The Balaban J connectivity index is 3.37. The van der Waals surface area contributed by atoms with Crippen molar-refractivity contribution in [1.29, 1.82) is 0 Å². The fourth-order valence-electron chi connectivity index (χ4n) is 0.745. The highest BCUT2D eigenvalue weighted by Gasteiger charge is 2.10. The summed E-state index contributed by atoms with van der Waals surface area (Å²) in [6.07, 6.45) is 0. The van der Waals surface area contributed by atoms with Gasteiger partial charge in [-0.15, -0.1) is 0 Å². The quantitative estimate of drug-likeness (QED) is 0.486. The lowest BCUT2D eigenvalue weighted by atomic mass is 11.5. The maximum atomic E-state index is 2.79. The first-order valence-corrected chi connectivity index (χ1v) is 12.8. The molecule has 0 unspecified atom stereocenters. The van der Waals surface area contributed by atoms with E-state index in [2.05, 4.69) is 22.1 Å². The molecule has 0 aromatic carbocycles. The molecule has 0 aliphatic rings. The van der Waals surface area contributed by atoms with Gasteiger partial charge in [0.25, 0.3) is 48.5 Å². The highest BCUT2D eigenvalue weighted by atomic mass is 27.3. The standard InChI is InChI=1S/CH2N.3CH3.5Al.N.6H/c1-2;;;;;;;;;;;;;;;/h1H2;3*1H3;;;;;;;;;;;;. The Kier molecular flexibility index (Phi) is 9.80. The van der Waals surface area contributed by atoms with Gasteiger partial charge in [-0.2, -0.15) is 0 Å². The van der Waals surface area contributed by atoms with E-state index >= 15 is 0 Å². The highest BCUT2D eigenvalue weighted by Crippen LogP contribution is 1.87. The van der Waals surface area contributed by atoms with E-state index in [-0.39, 0.29) is 30.9 Å². The monoisotopic (exact) mass is 228 g/mol. The predicted octanol–water partition coefficient (Wildman–Crippen LogP) is -2.35. The van der Waals surface area contributed by atoms with Crippen LogP contribution >= 0.6 is 0 Å². The summed E-state index contributed by atoms with van der Waals surface area (Å²) in [5, 5.41) is 1.50. The molecule has 0 N–H and O–H groups in total. The van der Waals surface area contributed by atoms with Crippen LogP contribution in [0.4, 0.5) is 0 Å². The molecular formula is C4H17Al5N2. The van der Waals surface area contributed by atoms with Crippen molar-refractivity contribution in [2.75, 3.05) is 5.41 Å². The molecule has 0 fully saturated rings. The Morgan fingerprint density at radius 1 is 1.36 bits per heavy atom. The average Bonchev–Trinajstić information content (AvgIpc) is 1.99. The Morgan fingerprint density at radius 2 is 1.91 bits per heavy atom. The van der Waals surface area contributed by atoms with Crippen LogP contribution in [-0.2, 0) is 0 Å². The van der Waals surface area contributed by atoms with Gasteiger partial charge in [0.1, 0.15) is 0 Å². The summed E-state index contributed by atoms with van der Waals surface area (Å²) in [5.41, 5.74) is 0. The first-order chi connectivity index (χ1) is 5.07. The van der Waals surface area contributed by atoms with Gasteiger partial charge in [0.05, 0.1) is 0 Å². The summed E-state index contributed by atoms with van der Waals surface area (Å²) in [6, 6.07) is 0. The number of nitrogens with zero attached hydrogens (tertiary/aromatic N) is 2. The first-order valence-electron chi connectivity index (χ1n) is 4.46. The predicted molar refractivity (Wildman–Crippen MR) is 63.3 cm³/mol. The summed E-state index contributed by atoms with van der Waals surface area (Å²) in [4.78, 5) is 0. The van der Waals surface area contributed by atoms with Crippen LogP contribution in [0.3, 0.4) is 0 Å². The molecule has 0 rings (SSSR count). The second-order valence-electron chi connectivity index (χ2n) is 3.47. The van der Waals surface area contributed by atoms with Crippen molar-refractivity contribution < 1.29 is 0 Å². The van der Waals surface area contributed by atoms with Gasteiger partial charge in [0.2, 0.25) is 0 Å². The minimum absolute atomic E-state index is 0.198. The number of rotatable bonds is 5. The summed E-state index contributed by atoms with van der Waals surface area (Å²) >= 11 is 2.70. The first kappa shape index (κ1) is 13.6. The van der Waals surface area contributed by atoms with Crippen LogP contribution in [0.5, 0.6) is 0 Å². The second-order valence-corrected chi connectivity index (χ2v) is 17.1. The zero-order valence-electron chi connectivity index (χ0n) is 8.59. The summed E-state index contributed by atoms with van der Waals surface area (Å²) in [7, 11) is 0. The molecule has 58 valence electrons. The molecule has 0 heterocycles. The van der Waals surface area contributed by atoms with Gasteiger partial charge in [-0.1, -0.05) is 22.8 Å². The van der Waals surface area contributed by atoms with E-state index in [4.69, 9.17) is 0 Å². The lowest BCUT2D eigenvalue weighted by Gasteiger charge is -2.23. The Morgan fingerprint density at radius 3 is 2.27 bits per heavy atom. The molecule has 11 heavy (non-hydrogen) atoms. The van der Waals surface area contributed by atoms with Crippen molar-refractivity contribution in [3.63, 3.8) is 0 Å². The smallest absolute Gasteiger partial charge is 0.342 e. The van der Waals surface area contributed by atoms with Crippen molar-refractivity contribution in [3.05, 3.63) is 0 Å². The van der Waals surface area contributed by atoms with E-state index in [1.807, 2.05) is 0 Å². The van der Waals surface area contributed by atoms with Gasteiger partial charge in [-0.3, -0.25) is 0 Å². The summed E-state index contributed by atoms with van der Waals surface area (Å²) in [5.74, 6) is 7.31. The van der Waals surface area contributed by atoms with Crippen molar-refractivity contribution in [1.82, 2.24) is 4.72 Å². The van der Waals surface area contributed by atoms with Crippen molar-refractivity contribution in [3.8, 4) is 0 Å². The van der Waals surface area contributed by atoms with E-state index in [0.29, 0.717) is 0 Å². The number of hydrogen-bond acceptors (Lipinski definition) is 2. The van der Waals surface area contributed by atoms with Crippen LogP contribution in [0, 0.1) is 0 Å². The Bertz CT molecular complexity index is 100. The number of hydrogen-bond donors (Lipinski definition) is 0. The lowest BCUT2D eigenvalue weighted by molar-refractivity contribution is 0.785. The van der Waals surface area contributed by atoms with Gasteiger partial charge >= 0.3 is 29.8 Å². The Labute approximate surface area is 104 Å².